The molecule has 5 nitrogen and oxygen atoms in total. The lowest BCUT2D eigenvalue weighted by Crippen LogP contribution is -2.24. The molecule has 0 fully saturated rings. The number of hydrogen-bond acceptors (Lipinski definition) is 2. The van der Waals surface area contributed by atoms with Gasteiger partial charge < -0.3 is 16.4 Å². The lowest BCUT2D eigenvalue weighted by atomic mass is 10.0. The van der Waals surface area contributed by atoms with Crippen molar-refractivity contribution >= 4 is 17.6 Å². The molecule has 0 bridgehead atoms. The van der Waals surface area contributed by atoms with E-state index in [0.29, 0.717) is 5.56 Å². The Kier molecular flexibility index (Phi) is 3.89. The third-order valence-electron chi connectivity index (χ3n) is 3.13. The first-order chi connectivity index (χ1) is 9.49. The molecule has 0 saturated carbocycles. The monoisotopic (exact) mass is 270 g/mol. The first-order valence-electron chi connectivity index (χ1n) is 6.34. The van der Waals surface area contributed by atoms with Crippen LogP contribution in [0.25, 0.3) is 0 Å². The minimum absolute atomic E-state index is 0.222. The number of nitrogens with zero attached hydrogens (tertiary/aromatic N) is 2. The molecule has 0 unspecified atom stereocenters. The number of rotatable bonds is 2. The van der Waals surface area contributed by atoms with Crippen LogP contribution in [0.1, 0.15) is 21.5 Å². The molecule has 0 saturated heterocycles. The van der Waals surface area contributed by atoms with Crippen molar-refractivity contribution in [1.82, 2.24) is 0 Å². The zero-order valence-corrected chi connectivity index (χ0v) is 11.6. The van der Waals surface area contributed by atoms with Gasteiger partial charge in [0.25, 0.3) is 5.91 Å². The summed E-state index contributed by atoms with van der Waals surface area (Å²) < 4.78 is 0. The Bertz CT molecular complexity index is 625. The van der Waals surface area contributed by atoms with E-state index in [4.69, 9.17) is 11.5 Å². The van der Waals surface area contributed by atoms with E-state index in [1.807, 2.05) is 44.3 Å². The molecule has 5 heteroatoms. The maximum absolute atomic E-state index is 11.9. The molecule has 1 aliphatic rings. The number of carbonyl (C=O) groups excluding carboxylic acids is 1. The van der Waals surface area contributed by atoms with Gasteiger partial charge in [0, 0.05) is 24.0 Å². The van der Waals surface area contributed by atoms with Crippen LogP contribution in [0, 0.1) is 13.8 Å². The molecule has 1 aliphatic heterocycles. The third kappa shape index (κ3) is 2.88. The number of carbonyl (C=O) groups is 1. The van der Waals surface area contributed by atoms with Gasteiger partial charge in [-0.25, -0.2) is 0 Å². The fraction of sp³-hybridized carbons (Fsp3) is 0.200. The van der Waals surface area contributed by atoms with Crippen LogP contribution in [0.5, 0.6) is 0 Å². The molecule has 0 spiro atoms. The fourth-order valence-corrected chi connectivity index (χ4v) is 2.16. The van der Waals surface area contributed by atoms with E-state index >= 15 is 0 Å². The molecule has 0 radical (unpaired) electrons. The predicted octanol–water partition coefficient (Wildman–Crippen LogP) is 1.61. The summed E-state index contributed by atoms with van der Waals surface area (Å²) in [5, 5.41) is 0. The minimum Gasteiger partial charge on any atom is -0.370 e. The Morgan fingerprint density at radius 1 is 1.20 bits per heavy atom. The number of guanidine groups is 1. The summed E-state index contributed by atoms with van der Waals surface area (Å²) in [6.45, 7) is 4.66. The fourth-order valence-electron chi connectivity index (χ4n) is 2.16. The van der Waals surface area contributed by atoms with E-state index in [0.717, 1.165) is 23.4 Å². The number of aryl methyl sites for hydroxylation is 2. The minimum atomic E-state index is -0.411. The molecular weight excluding hydrogens is 252 g/mol. The normalized spacial score (nSPS) is 13.4. The number of hydrogen-bond donors (Lipinski definition) is 2. The van der Waals surface area contributed by atoms with E-state index < -0.39 is 5.91 Å². The van der Waals surface area contributed by atoms with Gasteiger partial charge in [-0.05, 0) is 43.2 Å². The molecule has 1 aromatic rings. The Morgan fingerprint density at radius 2 is 1.95 bits per heavy atom. The van der Waals surface area contributed by atoms with Crippen molar-refractivity contribution in [3.05, 3.63) is 53.3 Å². The predicted molar refractivity (Wildman–Crippen MR) is 81.7 cm³/mol. The van der Waals surface area contributed by atoms with Crippen LogP contribution in [0.3, 0.4) is 0 Å². The number of amides is 1. The highest BCUT2D eigenvalue weighted by molar-refractivity contribution is 6.03. The molecule has 0 aliphatic carbocycles. The van der Waals surface area contributed by atoms with Crippen molar-refractivity contribution in [2.24, 2.45) is 16.5 Å². The summed E-state index contributed by atoms with van der Waals surface area (Å²) in [5.74, 6) is -0.633. The molecule has 2 rings (SSSR count). The van der Waals surface area contributed by atoms with E-state index in [1.165, 1.54) is 0 Å². The van der Waals surface area contributed by atoms with Gasteiger partial charge >= 0.3 is 0 Å². The van der Waals surface area contributed by atoms with E-state index in [-0.39, 0.29) is 5.96 Å². The lowest BCUT2D eigenvalue weighted by molar-refractivity contribution is 0.100. The molecule has 1 amide bonds. The first kappa shape index (κ1) is 13.9. The maximum atomic E-state index is 11.9. The Labute approximate surface area is 118 Å². The van der Waals surface area contributed by atoms with Crippen LogP contribution in [0.15, 0.2) is 41.6 Å². The zero-order valence-electron chi connectivity index (χ0n) is 11.6. The van der Waals surface area contributed by atoms with Crippen molar-refractivity contribution in [1.29, 1.82) is 0 Å². The van der Waals surface area contributed by atoms with Crippen molar-refractivity contribution in [3.63, 3.8) is 0 Å². The van der Waals surface area contributed by atoms with Gasteiger partial charge in [0.05, 0.1) is 0 Å². The average molecular weight is 270 g/mol. The molecule has 20 heavy (non-hydrogen) atoms. The molecule has 0 atom stereocenters. The summed E-state index contributed by atoms with van der Waals surface area (Å²) in [4.78, 5) is 17.6. The second-order valence-electron chi connectivity index (χ2n) is 4.72. The van der Waals surface area contributed by atoms with Gasteiger partial charge in [-0.3, -0.25) is 4.79 Å². The average Bonchev–Trinajstić information content (AvgIpc) is 2.41. The van der Waals surface area contributed by atoms with Gasteiger partial charge in [0.1, 0.15) is 0 Å². The van der Waals surface area contributed by atoms with E-state index in [9.17, 15) is 4.79 Å². The van der Waals surface area contributed by atoms with Crippen molar-refractivity contribution in [2.45, 2.75) is 13.8 Å². The van der Waals surface area contributed by atoms with Crippen LogP contribution in [0.2, 0.25) is 0 Å². The van der Waals surface area contributed by atoms with Gasteiger partial charge in [-0.15, -0.1) is 0 Å². The summed E-state index contributed by atoms with van der Waals surface area (Å²) in [6.07, 6.45) is 8.08. The molecule has 4 N–H and O–H groups in total. The standard InChI is InChI=1S/C15H18N4O/c1-10-9-13(19-6-4-3-5-7-19)11(2)8-12(10)14(20)18-15(16)17/h3-6,8-9H,7H2,1-2H3,(H4,16,17,18,20). The SMILES string of the molecule is Cc1cc(N2C=CC=CC2)c(C)cc1C(=O)N=C(N)N. The summed E-state index contributed by atoms with van der Waals surface area (Å²) in [5.41, 5.74) is 13.9. The molecule has 104 valence electrons. The highest BCUT2D eigenvalue weighted by Gasteiger charge is 2.14. The van der Waals surface area contributed by atoms with Gasteiger partial charge in [0.2, 0.25) is 0 Å². The number of benzene rings is 1. The zero-order chi connectivity index (χ0) is 14.7. The van der Waals surface area contributed by atoms with E-state index in [2.05, 4.69) is 16.0 Å². The van der Waals surface area contributed by atoms with Crippen molar-refractivity contribution < 1.29 is 4.79 Å². The largest absolute Gasteiger partial charge is 0.370 e. The van der Waals surface area contributed by atoms with Crippen LogP contribution in [-0.2, 0) is 0 Å². The molecular formula is C15H18N4O. The van der Waals surface area contributed by atoms with Crippen LogP contribution < -0.4 is 16.4 Å². The quantitative estimate of drug-likeness (QED) is 0.631. The lowest BCUT2D eigenvalue weighted by Gasteiger charge is -2.23. The van der Waals surface area contributed by atoms with Gasteiger partial charge in [-0.1, -0.05) is 12.2 Å². The second kappa shape index (κ2) is 5.61. The van der Waals surface area contributed by atoms with Crippen LogP contribution >= 0.6 is 0 Å². The Hall–Kier alpha value is -2.56. The van der Waals surface area contributed by atoms with Crippen molar-refractivity contribution in [3.8, 4) is 0 Å². The Balaban J connectivity index is 2.38. The first-order valence-corrected chi connectivity index (χ1v) is 6.34. The summed E-state index contributed by atoms with van der Waals surface area (Å²) >= 11 is 0. The smallest absolute Gasteiger partial charge is 0.280 e. The molecule has 1 heterocycles. The molecule has 0 aromatic heterocycles. The maximum Gasteiger partial charge on any atom is 0.280 e. The third-order valence-corrected chi connectivity index (χ3v) is 3.13. The van der Waals surface area contributed by atoms with Crippen LogP contribution in [-0.4, -0.2) is 18.4 Å². The van der Waals surface area contributed by atoms with E-state index in [1.54, 1.807) is 0 Å². The molecule has 1 aromatic carbocycles. The van der Waals surface area contributed by atoms with Gasteiger partial charge in [-0.2, -0.15) is 4.99 Å². The summed E-state index contributed by atoms with van der Waals surface area (Å²) in [7, 11) is 0. The second-order valence-corrected chi connectivity index (χ2v) is 4.72. The van der Waals surface area contributed by atoms with Gasteiger partial charge in [0.15, 0.2) is 5.96 Å². The van der Waals surface area contributed by atoms with Crippen LogP contribution in [0.4, 0.5) is 5.69 Å². The highest BCUT2D eigenvalue weighted by atomic mass is 16.1. The number of nitrogens with two attached hydrogens (primary N) is 2. The number of allylic oxidation sites excluding steroid dienone is 2. The summed E-state index contributed by atoms with van der Waals surface area (Å²) in [6, 6.07) is 3.81. The van der Waals surface area contributed by atoms with Crippen molar-refractivity contribution in [2.75, 3.05) is 11.4 Å². The number of aliphatic imine (C=N–C) groups is 1. The highest BCUT2D eigenvalue weighted by Crippen LogP contribution is 2.26. The topological polar surface area (TPSA) is 84.7 Å². The number of anilines is 1. The Morgan fingerprint density at radius 3 is 2.55 bits per heavy atom.